The number of thioether (sulfide) groups is 1. The largest absolute Gasteiger partial charge is 0.315 e. The monoisotopic (exact) mass is 228 g/mol. The van der Waals surface area contributed by atoms with Crippen LogP contribution in [-0.4, -0.2) is 37.2 Å². The van der Waals surface area contributed by atoms with Crippen molar-refractivity contribution in [1.82, 2.24) is 10.6 Å². The van der Waals surface area contributed by atoms with E-state index in [9.17, 15) is 0 Å². The molecule has 0 bridgehead atoms. The van der Waals surface area contributed by atoms with Gasteiger partial charge in [0.05, 0.1) is 0 Å². The second kappa shape index (κ2) is 5.55. The van der Waals surface area contributed by atoms with Crippen LogP contribution < -0.4 is 10.6 Å². The summed E-state index contributed by atoms with van der Waals surface area (Å²) >= 11 is 2.08. The number of nitrogens with one attached hydrogen (secondary N) is 2. The zero-order valence-electron chi connectivity index (χ0n) is 9.85. The van der Waals surface area contributed by atoms with Crippen LogP contribution in [0.4, 0.5) is 0 Å². The first-order chi connectivity index (χ1) is 7.29. The molecule has 0 radical (unpaired) electrons. The summed E-state index contributed by atoms with van der Waals surface area (Å²) in [5, 5.41) is 7.24. The highest BCUT2D eigenvalue weighted by molar-refractivity contribution is 7.99. The van der Waals surface area contributed by atoms with Crippen molar-refractivity contribution in [2.24, 2.45) is 5.41 Å². The van der Waals surface area contributed by atoms with Gasteiger partial charge < -0.3 is 10.6 Å². The Morgan fingerprint density at radius 1 is 1.40 bits per heavy atom. The number of rotatable bonds is 4. The fourth-order valence-electron chi connectivity index (χ4n) is 2.70. The van der Waals surface area contributed by atoms with E-state index in [4.69, 9.17) is 0 Å². The van der Waals surface area contributed by atoms with Crippen LogP contribution in [0.5, 0.6) is 0 Å². The molecule has 2 aliphatic rings. The van der Waals surface area contributed by atoms with Crippen molar-refractivity contribution in [1.29, 1.82) is 0 Å². The summed E-state index contributed by atoms with van der Waals surface area (Å²) in [5.41, 5.74) is 0.599. The maximum Gasteiger partial charge on any atom is 0.0283 e. The van der Waals surface area contributed by atoms with Gasteiger partial charge in [-0.1, -0.05) is 19.8 Å². The first kappa shape index (κ1) is 11.7. The van der Waals surface area contributed by atoms with Crippen molar-refractivity contribution in [3.63, 3.8) is 0 Å². The molecule has 0 amide bonds. The summed E-state index contributed by atoms with van der Waals surface area (Å²) in [6.07, 6.45) is 5.73. The molecule has 88 valence electrons. The summed E-state index contributed by atoms with van der Waals surface area (Å²) < 4.78 is 0. The molecule has 2 nitrogen and oxygen atoms in total. The number of hydrogen-bond acceptors (Lipinski definition) is 3. The maximum absolute atomic E-state index is 3.66. The molecule has 2 N–H and O–H groups in total. The molecule has 0 spiro atoms. The first-order valence-electron chi connectivity index (χ1n) is 6.30. The molecule has 1 atom stereocenters. The molecular formula is C12H24N2S. The Hall–Kier alpha value is 0.270. The standard InChI is InChI=1S/C12H24N2S/c1-12(4-2-3-5-12)10-13-8-11-9-15-7-6-14-11/h11,13-14H,2-10H2,1H3. The predicted molar refractivity (Wildman–Crippen MR) is 68.6 cm³/mol. The van der Waals surface area contributed by atoms with Gasteiger partial charge in [-0.25, -0.2) is 0 Å². The van der Waals surface area contributed by atoms with Gasteiger partial charge in [-0.3, -0.25) is 0 Å². The van der Waals surface area contributed by atoms with Gasteiger partial charge in [-0.05, 0) is 18.3 Å². The summed E-state index contributed by atoms with van der Waals surface area (Å²) in [7, 11) is 0. The molecule has 1 heterocycles. The van der Waals surface area contributed by atoms with Crippen LogP contribution in [0.1, 0.15) is 32.6 Å². The Morgan fingerprint density at radius 3 is 2.87 bits per heavy atom. The highest BCUT2D eigenvalue weighted by Gasteiger charge is 2.28. The molecule has 0 aromatic carbocycles. The molecule has 1 saturated carbocycles. The van der Waals surface area contributed by atoms with Gasteiger partial charge in [0.1, 0.15) is 0 Å². The molecule has 1 unspecified atom stereocenters. The summed E-state index contributed by atoms with van der Waals surface area (Å²) in [6.45, 7) is 6.00. The Bertz CT molecular complexity index is 184. The van der Waals surface area contributed by atoms with E-state index in [1.807, 2.05) is 0 Å². The second-order valence-electron chi connectivity index (χ2n) is 5.37. The molecule has 15 heavy (non-hydrogen) atoms. The fourth-order valence-corrected chi connectivity index (χ4v) is 3.65. The zero-order chi connectivity index (χ0) is 10.6. The predicted octanol–water partition coefficient (Wildman–Crippen LogP) is 1.86. The molecule has 1 saturated heterocycles. The number of hydrogen-bond donors (Lipinski definition) is 2. The van der Waals surface area contributed by atoms with E-state index >= 15 is 0 Å². The van der Waals surface area contributed by atoms with Crippen molar-refractivity contribution in [3.8, 4) is 0 Å². The maximum atomic E-state index is 3.66. The van der Waals surface area contributed by atoms with E-state index in [-0.39, 0.29) is 0 Å². The Kier molecular flexibility index (Phi) is 4.35. The van der Waals surface area contributed by atoms with Gasteiger partial charge in [-0.2, -0.15) is 11.8 Å². The minimum Gasteiger partial charge on any atom is -0.315 e. The molecule has 2 fully saturated rings. The van der Waals surface area contributed by atoms with Crippen LogP contribution in [0, 0.1) is 5.41 Å². The molecular weight excluding hydrogens is 204 g/mol. The normalized spacial score (nSPS) is 30.6. The minimum atomic E-state index is 0.599. The molecule has 3 heteroatoms. The average Bonchev–Trinajstić information content (AvgIpc) is 2.67. The van der Waals surface area contributed by atoms with E-state index in [0.717, 1.165) is 6.54 Å². The highest BCUT2D eigenvalue weighted by atomic mass is 32.2. The van der Waals surface area contributed by atoms with Crippen molar-refractivity contribution < 1.29 is 0 Å². The van der Waals surface area contributed by atoms with Crippen molar-refractivity contribution in [2.45, 2.75) is 38.6 Å². The van der Waals surface area contributed by atoms with Crippen molar-refractivity contribution >= 4 is 11.8 Å². The lowest BCUT2D eigenvalue weighted by Crippen LogP contribution is -2.46. The van der Waals surface area contributed by atoms with Crippen LogP contribution in [0.3, 0.4) is 0 Å². The minimum absolute atomic E-state index is 0.599. The van der Waals surface area contributed by atoms with Gasteiger partial charge >= 0.3 is 0 Å². The third-order valence-corrected chi connectivity index (χ3v) is 4.88. The average molecular weight is 228 g/mol. The van der Waals surface area contributed by atoms with Gasteiger partial charge in [-0.15, -0.1) is 0 Å². The molecule has 2 rings (SSSR count). The van der Waals surface area contributed by atoms with Crippen molar-refractivity contribution in [2.75, 3.05) is 31.1 Å². The van der Waals surface area contributed by atoms with E-state index < -0.39 is 0 Å². The zero-order valence-corrected chi connectivity index (χ0v) is 10.7. The van der Waals surface area contributed by atoms with Gasteiger partial charge in [0, 0.05) is 37.2 Å². The van der Waals surface area contributed by atoms with E-state index in [1.54, 1.807) is 0 Å². The first-order valence-corrected chi connectivity index (χ1v) is 7.46. The van der Waals surface area contributed by atoms with E-state index in [2.05, 4.69) is 29.3 Å². The van der Waals surface area contributed by atoms with Gasteiger partial charge in [0.25, 0.3) is 0 Å². The van der Waals surface area contributed by atoms with Crippen molar-refractivity contribution in [3.05, 3.63) is 0 Å². The van der Waals surface area contributed by atoms with Gasteiger partial charge in [0.15, 0.2) is 0 Å². The summed E-state index contributed by atoms with van der Waals surface area (Å²) in [6, 6.07) is 0.703. The third-order valence-electron chi connectivity index (χ3n) is 3.75. The van der Waals surface area contributed by atoms with Crippen LogP contribution in [0.25, 0.3) is 0 Å². The summed E-state index contributed by atoms with van der Waals surface area (Å²) in [4.78, 5) is 0. The van der Waals surface area contributed by atoms with Crippen LogP contribution in [-0.2, 0) is 0 Å². The van der Waals surface area contributed by atoms with Gasteiger partial charge in [0.2, 0.25) is 0 Å². The second-order valence-corrected chi connectivity index (χ2v) is 6.52. The topological polar surface area (TPSA) is 24.1 Å². The fraction of sp³-hybridized carbons (Fsp3) is 1.00. The molecule has 0 aromatic heterocycles. The molecule has 0 aromatic rings. The smallest absolute Gasteiger partial charge is 0.0283 e. The lowest BCUT2D eigenvalue weighted by atomic mass is 9.89. The Morgan fingerprint density at radius 2 is 2.20 bits per heavy atom. The SMILES string of the molecule is CC1(CNCC2CSCCN2)CCCC1. The highest BCUT2D eigenvalue weighted by Crippen LogP contribution is 2.36. The molecule has 1 aliphatic heterocycles. The third kappa shape index (κ3) is 3.65. The Labute approximate surface area is 98.0 Å². The van der Waals surface area contributed by atoms with Crippen LogP contribution >= 0.6 is 11.8 Å². The quantitative estimate of drug-likeness (QED) is 0.768. The van der Waals surface area contributed by atoms with Crippen LogP contribution in [0.15, 0.2) is 0 Å². The molecule has 1 aliphatic carbocycles. The van der Waals surface area contributed by atoms with Crippen LogP contribution in [0.2, 0.25) is 0 Å². The Balaban J connectivity index is 1.61. The lowest BCUT2D eigenvalue weighted by Gasteiger charge is -2.27. The summed E-state index contributed by atoms with van der Waals surface area (Å²) in [5.74, 6) is 2.57. The lowest BCUT2D eigenvalue weighted by molar-refractivity contribution is 0.309. The van der Waals surface area contributed by atoms with E-state index in [1.165, 1.54) is 50.3 Å². The van der Waals surface area contributed by atoms with E-state index in [0.29, 0.717) is 11.5 Å².